The van der Waals surface area contributed by atoms with Crippen LogP contribution in [-0.2, 0) is 0 Å². The third kappa shape index (κ3) is 3.94. The van der Waals surface area contributed by atoms with E-state index in [1.807, 2.05) is 12.1 Å². The first kappa shape index (κ1) is 21.1. The lowest BCUT2D eigenvalue weighted by atomic mass is 9.94. The van der Waals surface area contributed by atoms with Crippen molar-refractivity contribution < 1.29 is 0 Å². The molecule has 1 aliphatic heterocycles. The van der Waals surface area contributed by atoms with Crippen molar-refractivity contribution in [3.05, 3.63) is 143 Å². The van der Waals surface area contributed by atoms with Crippen molar-refractivity contribution >= 4 is 17.5 Å². The Bertz CT molecular complexity index is 1570. The molecular formula is C33H26N2. The third-order valence-electron chi connectivity index (χ3n) is 6.74. The van der Waals surface area contributed by atoms with Crippen LogP contribution in [0.4, 0.5) is 0 Å². The molecular weight excluding hydrogens is 424 g/mol. The van der Waals surface area contributed by atoms with Gasteiger partial charge in [0.25, 0.3) is 0 Å². The molecule has 0 saturated heterocycles. The van der Waals surface area contributed by atoms with Crippen LogP contribution in [0.5, 0.6) is 0 Å². The van der Waals surface area contributed by atoms with E-state index >= 15 is 0 Å². The fourth-order valence-electron chi connectivity index (χ4n) is 4.74. The summed E-state index contributed by atoms with van der Waals surface area (Å²) >= 11 is 0. The summed E-state index contributed by atoms with van der Waals surface area (Å²) in [5.41, 5.74) is 13.8. The Morgan fingerprint density at radius 3 is 1.74 bits per heavy atom. The number of nitrogens with zero attached hydrogens (tertiary/aromatic N) is 1. The molecule has 0 spiro atoms. The lowest BCUT2D eigenvalue weighted by Gasteiger charge is -2.08. The zero-order valence-corrected chi connectivity index (χ0v) is 19.9. The highest BCUT2D eigenvalue weighted by molar-refractivity contribution is 6.21. The van der Waals surface area contributed by atoms with Crippen molar-refractivity contribution in [2.75, 3.05) is 0 Å². The van der Waals surface area contributed by atoms with Crippen LogP contribution in [0.2, 0.25) is 0 Å². The van der Waals surface area contributed by atoms with Gasteiger partial charge in [-0.2, -0.15) is 0 Å². The van der Waals surface area contributed by atoms with E-state index in [4.69, 9.17) is 4.99 Å². The van der Waals surface area contributed by atoms with E-state index in [2.05, 4.69) is 122 Å². The number of aromatic nitrogens is 1. The molecule has 35 heavy (non-hydrogen) atoms. The van der Waals surface area contributed by atoms with Crippen molar-refractivity contribution in [1.82, 2.24) is 4.98 Å². The second-order valence-corrected chi connectivity index (χ2v) is 9.08. The Morgan fingerprint density at radius 1 is 0.571 bits per heavy atom. The first-order valence-corrected chi connectivity index (χ1v) is 12.0. The van der Waals surface area contributed by atoms with Gasteiger partial charge in [-0.3, -0.25) is 0 Å². The van der Waals surface area contributed by atoms with Gasteiger partial charge in [-0.05, 0) is 60.4 Å². The van der Waals surface area contributed by atoms with Gasteiger partial charge in [0.1, 0.15) is 0 Å². The quantitative estimate of drug-likeness (QED) is 0.285. The number of aryl methyl sites for hydroxylation is 2. The summed E-state index contributed by atoms with van der Waals surface area (Å²) in [5.74, 6) is 0. The largest absolute Gasteiger partial charge is 0.354 e. The summed E-state index contributed by atoms with van der Waals surface area (Å²) in [6, 6.07) is 38.3. The van der Waals surface area contributed by atoms with E-state index in [-0.39, 0.29) is 0 Å². The molecule has 2 nitrogen and oxygen atoms in total. The second kappa shape index (κ2) is 8.73. The Hall–Kier alpha value is -4.43. The van der Waals surface area contributed by atoms with Crippen molar-refractivity contribution in [1.29, 1.82) is 0 Å². The second-order valence-electron chi connectivity index (χ2n) is 9.08. The van der Waals surface area contributed by atoms with Crippen LogP contribution in [0, 0.1) is 13.8 Å². The van der Waals surface area contributed by atoms with Crippen molar-refractivity contribution in [2.45, 2.75) is 13.8 Å². The molecule has 0 radical (unpaired) electrons. The average molecular weight is 451 g/mol. The van der Waals surface area contributed by atoms with Gasteiger partial charge in [0.05, 0.1) is 11.4 Å². The highest BCUT2D eigenvalue weighted by atomic mass is 14.8. The molecule has 0 atom stereocenters. The number of H-pyrrole nitrogens is 1. The SMILES string of the molecule is Cc1cc2c(cc1C)/C(=C/c1[nH]c(-c3ccccc3)cc1-c1ccccc1)N=C2c1ccccc1. The maximum Gasteiger partial charge on any atom is 0.0788 e. The monoisotopic (exact) mass is 450 g/mol. The zero-order chi connectivity index (χ0) is 23.8. The summed E-state index contributed by atoms with van der Waals surface area (Å²) in [5, 5.41) is 0. The summed E-state index contributed by atoms with van der Waals surface area (Å²) in [4.78, 5) is 8.87. The number of aliphatic imine (C=N–C) groups is 1. The Kier molecular flexibility index (Phi) is 5.27. The standard InChI is InChI=1S/C33H26N2/c1-22-18-28-29(19-23(22)2)33(26-16-10-5-11-17-26)35-32(28)21-31-27(24-12-6-3-7-13-24)20-30(34-31)25-14-8-4-9-15-25/h3-21,34H,1-2H3/b32-21-. The molecule has 0 saturated carbocycles. The summed E-state index contributed by atoms with van der Waals surface area (Å²) in [6.07, 6.45) is 2.21. The first-order valence-electron chi connectivity index (χ1n) is 12.0. The molecule has 0 aliphatic carbocycles. The van der Waals surface area contributed by atoms with Crippen molar-refractivity contribution in [3.63, 3.8) is 0 Å². The molecule has 0 bridgehead atoms. The number of benzene rings is 4. The Balaban J connectivity index is 1.56. The van der Waals surface area contributed by atoms with E-state index < -0.39 is 0 Å². The molecule has 2 heteroatoms. The van der Waals surface area contributed by atoms with Crippen LogP contribution in [0.3, 0.4) is 0 Å². The number of rotatable bonds is 4. The minimum absolute atomic E-state index is 0.987. The lowest BCUT2D eigenvalue weighted by molar-refractivity contribution is 1.32. The van der Waals surface area contributed by atoms with Crippen molar-refractivity contribution in [3.8, 4) is 22.4 Å². The van der Waals surface area contributed by atoms with Gasteiger partial charge in [-0.15, -0.1) is 0 Å². The number of fused-ring (bicyclic) bond motifs is 1. The molecule has 168 valence electrons. The van der Waals surface area contributed by atoms with Gasteiger partial charge >= 0.3 is 0 Å². The van der Waals surface area contributed by atoms with Gasteiger partial charge < -0.3 is 4.98 Å². The van der Waals surface area contributed by atoms with Crippen LogP contribution in [0.25, 0.3) is 34.2 Å². The fraction of sp³-hybridized carbons (Fsp3) is 0.0606. The van der Waals surface area contributed by atoms with Crippen LogP contribution >= 0.6 is 0 Å². The molecule has 0 amide bonds. The van der Waals surface area contributed by atoms with Gasteiger partial charge in [0.2, 0.25) is 0 Å². The molecule has 1 aromatic heterocycles. The van der Waals surface area contributed by atoms with Crippen LogP contribution in [-0.4, -0.2) is 10.7 Å². The van der Waals surface area contributed by atoms with E-state index in [1.165, 1.54) is 38.9 Å². The summed E-state index contributed by atoms with van der Waals surface area (Å²) in [7, 11) is 0. The zero-order valence-electron chi connectivity index (χ0n) is 19.9. The van der Waals surface area contributed by atoms with Crippen LogP contribution in [0.1, 0.15) is 33.5 Å². The number of aromatic amines is 1. The van der Waals surface area contributed by atoms with Crippen LogP contribution < -0.4 is 0 Å². The lowest BCUT2D eigenvalue weighted by Crippen LogP contribution is -2.01. The average Bonchev–Trinajstić information content (AvgIpc) is 3.48. The maximum atomic E-state index is 5.18. The van der Waals surface area contributed by atoms with Crippen LogP contribution in [0.15, 0.2) is 114 Å². The molecule has 5 aromatic rings. The van der Waals surface area contributed by atoms with E-state index in [0.717, 1.165) is 28.4 Å². The minimum Gasteiger partial charge on any atom is -0.354 e. The van der Waals surface area contributed by atoms with Gasteiger partial charge in [0.15, 0.2) is 0 Å². The van der Waals surface area contributed by atoms with Gasteiger partial charge in [0, 0.05) is 33.6 Å². The molecule has 0 fully saturated rings. The Labute approximate surface area is 206 Å². The fourth-order valence-corrected chi connectivity index (χ4v) is 4.74. The topological polar surface area (TPSA) is 28.1 Å². The summed E-state index contributed by atoms with van der Waals surface area (Å²) in [6.45, 7) is 4.34. The highest BCUT2D eigenvalue weighted by Crippen LogP contribution is 2.37. The third-order valence-corrected chi connectivity index (χ3v) is 6.74. The van der Waals surface area contributed by atoms with E-state index in [0.29, 0.717) is 0 Å². The first-order chi connectivity index (χ1) is 17.2. The maximum absolute atomic E-state index is 5.18. The molecule has 2 heterocycles. The highest BCUT2D eigenvalue weighted by Gasteiger charge is 2.23. The summed E-state index contributed by atoms with van der Waals surface area (Å²) < 4.78 is 0. The molecule has 4 aromatic carbocycles. The minimum atomic E-state index is 0.987. The molecule has 6 rings (SSSR count). The van der Waals surface area contributed by atoms with E-state index in [9.17, 15) is 0 Å². The van der Waals surface area contributed by atoms with E-state index in [1.54, 1.807) is 0 Å². The molecule has 1 aliphatic rings. The predicted molar refractivity (Wildman–Crippen MR) is 148 cm³/mol. The predicted octanol–water partition coefficient (Wildman–Crippen LogP) is 8.31. The molecule has 0 unspecified atom stereocenters. The number of nitrogens with one attached hydrogen (secondary N) is 1. The van der Waals surface area contributed by atoms with Gasteiger partial charge in [-0.25, -0.2) is 4.99 Å². The Morgan fingerprint density at radius 2 is 1.11 bits per heavy atom. The number of hydrogen-bond acceptors (Lipinski definition) is 1. The molecule has 1 N–H and O–H groups in total. The normalized spacial score (nSPS) is 13.7. The van der Waals surface area contributed by atoms with Gasteiger partial charge in [-0.1, -0.05) is 91.0 Å². The van der Waals surface area contributed by atoms with Crippen molar-refractivity contribution in [2.24, 2.45) is 4.99 Å². The smallest absolute Gasteiger partial charge is 0.0788 e. The number of hydrogen-bond donors (Lipinski definition) is 1.